The molecule has 3 aromatic carbocycles. The predicted octanol–water partition coefficient (Wildman–Crippen LogP) is 4.89. The first kappa shape index (κ1) is 21.8. The number of carbonyl (C=O) groups excluding carboxylic acids is 1. The van der Waals surface area contributed by atoms with E-state index in [2.05, 4.69) is 4.98 Å². The SMILES string of the molecule is C[C@H](c1ccccc1)N(Cc1ccccc1O)C(=O)c1ccc(-n2ccnc2)c([N+](=O)[O-])c1. The molecule has 8 nitrogen and oxygen atoms in total. The van der Waals surface area contributed by atoms with Gasteiger partial charge < -0.3 is 14.6 Å². The first-order valence-corrected chi connectivity index (χ1v) is 10.3. The van der Waals surface area contributed by atoms with Crippen LogP contribution in [-0.2, 0) is 6.54 Å². The average Bonchev–Trinajstić information content (AvgIpc) is 3.38. The van der Waals surface area contributed by atoms with Gasteiger partial charge in [0.15, 0.2) is 0 Å². The number of aromatic hydroxyl groups is 1. The molecule has 0 aliphatic carbocycles. The lowest BCUT2D eigenvalue weighted by molar-refractivity contribution is -0.384. The van der Waals surface area contributed by atoms with Crippen LogP contribution in [0.4, 0.5) is 5.69 Å². The third-order valence-corrected chi connectivity index (χ3v) is 5.54. The van der Waals surface area contributed by atoms with Crippen LogP contribution >= 0.6 is 0 Å². The van der Waals surface area contributed by atoms with Crippen LogP contribution in [-0.4, -0.2) is 30.4 Å². The van der Waals surface area contributed by atoms with Crippen LogP contribution in [0.2, 0.25) is 0 Å². The molecule has 4 rings (SSSR count). The van der Waals surface area contributed by atoms with E-state index in [4.69, 9.17) is 0 Å². The van der Waals surface area contributed by atoms with Gasteiger partial charge in [0.05, 0.1) is 23.8 Å². The average molecular weight is 442 g/mol. The number of aromatic nitrogens is 2. The van der Waals surface area contributed by atoms with Crippen molar-refractivity contribution in [3.05, 3.63) is 118 Å². The number of nitro groups is 1. The van der Waals surface area contributed by atoms with E-state index < -0.39 is 4.92 Å². The molecule has 0 spiro atoms. The first-order chi connectivity index (χ1) is 16.0. The Morgan fingerprint density at radius 3 is 2.52 bits per heavy atom. The van der Waals surface area contributed by atoms with E-state index in [1.165, 1.54) is 23.2 Å². The van der Waals surface area contributed by atoms with Crippen molar-refractivity contribution in [3.8, 4) is 11.4 Å². The third kappa shape index (κ3) is 4.59. The third-order valence-electron chi connectivity index (χ3n) is 5.54. The number of phenols is 1. The maximum absolute atomic E-state index is 13.7. The molecule has 0 radical (unpaired) electrons. The van der Waals surface area contributed by atoms with Crippen molar-refractivity contribution in [1.29, 1.82) is 0 Å². The second-order valence-electron chi connectivity index (χ2n) is 7.58. The molecule has 0 aliphatic rings. The molecule has 0 aliphatic heterocycles. The van der Waals surface area contributed by atoms with Crippen molar-refractivity contribution < 1.29 is 14.8 Å². The van der Waals surface area contributed by atoms with Crippen LogP contribution in [0.15, 0.2) is 91.5 Å². The van der Waals surface area contributed by atoms with Gasteiger partial charge in [0, 0.05) is 29.6 Å². The van der Waals surface area contributed by atoms with E-state index in [0.717, 1.165) is 5.56 Å². The summed E-state index contributed by atoms with van der Waals surface area (Å²) in [5.74, 6) is -0.299. The number of nitro benzene ring substituents is 1. The summed E-state index contributed by atoms with van der Waals surface area (Å²) in [7, 11) is 0. The molecule has 0 bridgehead atoms. The predicted molar refractivity (Wildman–Crippen MR) is 123 cm³/mol. The van der Waals surface area contributed by atoms with Crippen LogP contribution in [0, 0.1) is 10.1 Å². The molecule has 1 N–H and O–H groups in total. The number of benzene rings is 3. The molecule has 0 saturated carbocycles. The topological polar surface area (TPSA) is 102 Å². The Morgan fingerprint density at radius 1 is 1.12 bits per heavy atom. The number of phenolic OH excluding ortho intramolecular Hbond substituents is 1. The zero-order chi connectivity index (χ0) is 23.4. The second-order valence-corrected chi connectivity index (χ2v) is 7.58. The van der Waals surface area contributed by atoms with Crippen LogP contribution < -0.4 is 0 Å². The zero-order valence-electron chi connectivity index (χ0n) is 17.9. The van der Waals surface area contributed by atoms with Crippen molar-refractivity contribution in [2.24, 2.45) is 0 Å². The molecule has 0 saturated heterocycles. The molecule has 0 fully saturated rings. The van der Waals surface area contributed by atoms with E-state index >= 15 is 0 Å². The normalized spacial score (nSPS) is 11.7. The van der Waals surface area contributed by atoms with Crippen LogP contribution in [0.25, 0.3) is 5.69 Å². The number of amides is 1. The van der Waals surface area contributed by atoms with Gasteiger partial charge in [-0.1, -0.05) is 48.5 Å². The van der Waals surface area contributed by atoms with Crippen molar-refractivity contribution in [1.82, 2.24) is 14.5 Å². The largest absolute Gasteiger partial charge is 0.508 e. The summed E-state index contributed by atoms with van der Waals surface area (Å²) in [5.41, 5.74) is 1.79. The summed E-state index contributed by atoms with van der Waals surface area (Å²) in [6.07, 6.45) is 4.59. The number of rotatable bonds is 7. The van der Waals surface area contributed by atoms with Gasteiger partial charge in [0.2, 0.25) is 0 Å². The highest BCUT2D eigenvalue weighted by Crippen LogP contribution is 2.30. The monoisotopic (exact) mass is 442 g/mol. The fourth-order valence-corrected chi connectivity index (χ4v) is 3.71. The maximum atomic E-state index is 13.7. The number of hydrogen-bond donors (Lipinski definition) is 1. The van der Waals surface area contributed by atoms with Crippen molar-refractivity contribution in [3.63, 3.8) is 0 Å². The number of carbonyl (C=O) groups is 1. The van der Waals surface area contributed by atoms with E-state index in [9.17, 15) is 20.0 Å². The van der Waals surface area contributed by atoms with Crippen molar-refractivity contribution >= 4 is 11.6 Å². The smallest absolute Gasteiger partial charge is 0.294 e. The van der Waals surface area contributed by atoms with Crippen LogP contribution in [0.3, 0.4) is 0 Å². The number of para-hydroxylation sites is 1. The lowest BCUT2D eigenvalue weighted by Crippen LogP contribution is -2.33. The highest BCUT2D eigenvalue weighted by atomic mass is 16.6. The van der Waals surface area contributed by atoms with Gasteiger partial charge in [-0.3, -0.25) is 14.9 Å². The van der Waals surface area contributed by atoms with E-state index in [-0.39, 0.29) is 35.5 Å². The van der Waals surface area contributed by atoms with Crippen molar-refractivity contribution in [2.45, 2.75) is 19.5 Å². The highest BCUT2D eigenvalue weighted by Gasteiger charge is 2.26. The molecule has 33 heavy (non-hydrogen) atoms. The first-order valence-electron chi connectivity index (χ1n) is 10.3. The molecule has 1 heterocycles. The molecule has 1 atom stereocenters. The van der Waals surface area contributed by atoms with E-state index in [1.807, 2.05) is 37.3 Å². The van der Waals surface area contributed by atoms with Gasteiger partial charge >= 0.3 is 0 Å². The Balaban J connectivity index is 1.75. The van der Waals surface area contributed by atoms with Gasteiger partial charge in [0.25, 0.3) is 11.6 Å². The Hall–Kier alpha value is -4.46. The fourth-order valence-electron chi connectivity index (χ4n) is 3.71. The number of nitrogens with zero attached hydrogens (tertiary/aromatic N) is 4. The molecular weight excluding hydrogens is 420 g/mol. The summed E-state index contributed by atoms with van der Waals surface area (Å²) in [5, 5.41) is 22.1. The minimum absolute atomic E-state index is 0.0806. The Bertz CT molecular complexity index is 1270. The Morgan fingerprint density at radius 2 is 1.85 bits per heavy atom. The number of hydrogen-bond acceptors (Lipinski definition) is 5. The molecule has 166 valence electrons. The Labute approximate surface area is 190 Å². The van der Waals surface area contributed by atoms with Crippen LogP contribution in [0.1, 0.15) is 34.5 Å². The van der Waals surface area contributed by atoms with E-state index in [0.29, 0.717) is 11.3 Å². The van der Waals surface area contributed by atoms with Crippen LogP contribution in [0.5, 0.6) is 5.75 Å². The molecule has 8 heteroatoms. The zero-order valence-corrected chi connectivity index (χ0v) is 17.9. The van der Waals surface area contributed by atoms with E-state index in [1.54, 1.807) is 47.5 Å². The summed E-state index contributed by atoms with van der Waals surface area (Å²) in [6.45, 7) is 2.03. The maximum Gasteiger partial charge on any atom is 0.294 e. The summed E-state index contributed by atoms with van der Waals surface area (Å²) >= 11 is 0. The van der Waals surface area contributed by atoms with Gasteiger partial charge in [-0.25, -0.2) is 4.98 Å². The van der Waals surface area contributed by atoms with Gasteiger partial charge in [-0.15, -0.1) is 0 Å². The molecule has 1 aromatic heterocycles. The van der Waals surface area contributed by atoms with Gasteiger partial charge in [-0.2, -0.15) is 0 Å². The minimum atomic E-state index is -0.514. The number of imidazole rings is 1. The standard InChI is InChI=1S/C25H22N4O4/c1-18(19-7-3-2-4-8-19)28(16-21-9-5-6-10-24(21)30)25(31)20-11-12-22(23(15-20)29(32)33)27-14-13-26-17-27/h2-15,17-18,30H,16H2,1H3/t18-/m1/s1. The summed E-state index contributed by atoms with van der Waals surface area (Å²) in [4.78, 5) is 30.4. The highest BCUT2D eigenvalue weighted by molar-refractivity contribution is 5.95. The molecule has 0 unspecified atom stereocenters. The molecule has 4 aromatic rings. The summed E-state index contributed by atoms with van der Waals surface area (Å²) < 4.78 is 1.53. The molecular formula is C25H22N4O4. The Kier molecular flexibility index (Phi) is 6.17. The van der Waals surface area contributed by atoms with Gasteiger partial charge in [0.1, 0.15) is 11.4 Å². The fraction of sp³-hybridized carbons (Fsp3) is 0.120. The lowest BCUT2D eigenvalue weighted by Gasteiger charge is -2.30. The minimum Gasteiger partial charge on any atom is -0.508 e. The molecule has 1 amide bonds. The lowest BCUT2D eigenvalue weighted by atomic mass is 10.0. The summed E-state index contributed by atoms with van der Waals surface area (Å²) in [6, 6.07) is 20.4. The van der Waals surface area contributed by atoms with Gasteiger partial charge in [-0.05, 0) is 30.7 Å². The second kappa shape index (κ2) is 9.35. The quantitative estimate of drug-likeness (QED) is 0.324. The van der Waals surface area contributed by atoms with Crippen molar-refractivity contribution in [2.75, 3.05) is 0 Å².